The summed E-state index contributed by atoms with van der Waals surface area (Å²) in [5, 5.41) is 12.7. The highest BCUT2D eigenvalue weighted by Crippen LogP contribution is 1.95. The van der Waals surface area contributed by atoms with Crippen LogP contribution in [0.1, 0.15) is 19.4 Å². The van der Waals surface area contributed by atoms with Gasteiger partial charge in [0.25, 0.3) is 0 Å². The predicted octanol–water partition coefficient (Wildman–Crippen LogP) is -0.578. The number of aryl methyl sites for hydroxylation is 1. The van der Waals surface area contributed by atoms with Crippen LogP contribution in [0.4, 0.5) is 0 Å². The number of rotatable bonds is 8. The highest BCUT2D eigenvalue weighted by molar-refractivity contribution is 5.78. The Morgan fingerprint density at radius 3 is 2.65 bits per heavy atom. The average Bonchev–Trinajstić information content (AvgIpc) is 2.77. The average molecular weight is 281 g/mol. The Morgan fingerprint density at radius 1 is 1.35 bits per heavy atom. The summed E-state index contributed by atoms with van der Waals surface area (Å²) in [6, 6.07) is 0.149. The zero-order valence-electron chi connectivity index (χ0n) is 12.3. The summed E-state index contributed by atoms with van der Waals surface area (Å²) < 4.78 is 1.85. The maximum absolute atomic E-state index is 11.5. The molecule has 0 radical (unpaired) electrons. The van der Waals surface area contributed by atoms with Gasteiger partial charge in [-0.2, -0.15) is 5.10 Å². The van der Waals surface area contributed by atoms with Gasteiger partial charge in [-0.3, -0.25) is 14.3 Å². The lowest BCUT2D eigenvalue weighted by Crippen LogP contribution is -2.41. The Hall–Kier alpha value is -1.89. The number of carbonyl (C=O) groups is 2. The molecule has 7 nitrogen and oxygen atoms in total. The summed E-state index contributed by atoms with van der Waals surface area (Å²) in [6.45, 7) is 7.29. The zero-order chi connectivity index (χ0) is 15.0. The highest BCUT2D eigenvalue weighted by atomic mass is 16.2. The van der Waals surface area contributed by atoms with E-state index in [9.17, 15) is 9.59 Å². The summed E-state index contributed by atoms with van der Waals surface area (Å²) in [7, 11) is 0. The van der Waals surface area contributed by atoms with Gasteiger partial charge in [0.15, 0.2) is 0 Å². The number of nitrogens with zero attached hydrogens (tertiary/aromatic N) is 2. The molecule has 1 aromatic rings. The third-order valence-electron chi connectivity index (χ3n) is 2.66. The maximum Gasteiger partial charge on any atom is 0.234 e. The standard InChI is InChI=1S/C13H23N5O2/c1-10-6-17-18(8-10)9-11(2)16-7-13(20)15-5-4-14-12(3)19/h6,8,11,16H,4-5,7,9H2,1-3H3,(H,14,19)(H,15,20). The van der Waals surface area contributed by atoms with Crippen LogP contribution in [0.2, 0.25) is 0 Å². The minimum absolute atomic E-state index is 0.0844. The van der Waals surface area contributed by atoms with Gasteiger partial charge in [0.1, 0.15) is 0 Å². The lowest BCUT2D eigenvalue weighted by atomic mass is 10.3. The minimum Gasteiger partial charge on any atom is -0.355 e. The molecule has 0 aliphatic heterocycles. The number of hydrogen-bond donors (Lipinski definition) is 3. The summed E-state index contributed by atoms with van der Waals surface area (Å²) in [6.07, 6.45) is 3.77. The second-order valence-corrected chi connectivity index (χ2v) is 4.85. The number of amides is 2. The van der Waals surface area contributed by atoms with Crippen molar-refractivity contribution in [2.24, 2.45) is 0 Å². The van der Waals surface area contributed by atoms with Gasteiger partial charge < -0.3 is 16.0 Å². The van der Waals surface area contributed by atoms with E-state index in [0.717, 1.165) is 5.56 Å². The Bertz CT molecular complexity index is 444. The summed E-state index contributed by atoms with van der Waals surface area (Å²) in [5.74, 6) is -0.181. The largest absolute Gasteiger partial charge is 0.355 e. The Labute approximate surface area is 119 Å². The molecular weight excluding hydrogens is 258 g/mol. The van der Waals surface area contributed by atoms with Crippen LogP contribution in [-0.4, -0.2) is 47.3 Å². The van der Waals surface area contributed by atoms with Crippen LogP contribution in [-0.2, 0) is 16.1 Å². The normalized spacial score (nSPS) is 11.9. The van der Waals surface area contributed by atoms with Crippen LogP contribution in [0.3, 0.4) is 0 Å². The first kappa shape index (κ1) is 16.2. The van der Waals surface area contributed by atoms with Crippen LogP contribution < -0.4 is 16.0 Å². The van der Waals surface area contributed by atoms with E-state index in [2.05, 4.69) is 21.0 Å². The van der Waals surface area contributed by atoms with Gasteiger partial charge in [-0.15, -0.1) is 0 Å². The predicted molar refractivity (Wildman–Crippen MR) is 76.1 cm³/mol. The molecule has 0 saturated heterocycles. The van der Waals surface area contributed by atoms with Crippen LogP contribution in [0.15, 0.2) is 12.4 Å². The van der Waals surface area contributed by atoms with Crippen molar-refractivity contribution >= 4 is 11.8 Å². The molecule has 0 bridgehead atoms. The molecule has 0 aliphatic rings. The number of carbonyl (C=O) groups excluding carboxylic acids is 2. The Morgan fingerprint density at radius 2 is 2.05 bits per heavy atom. The second-order valence-electron chi connectivity index (χ2n) is 4.85. The Balaban J connectivity index is 2.12. The van der Waals surface area contributed by atoms with E-state index in [-0.39, 0.29) is 24.4 Å². The summed E-state index contributed by atoms with van der Waals surface area (Å²) in [5.41, 5.74) is 1.12. The first-order chi connectivity index (χ1) is 9.47. The maximum atomic E-state index is 11.5. The molecule has 112 valence electrons. The van der Waals surface area contributed by atoms with E-state index in [1.807, 2.05) is 24.7 Å². The number of aromatic nitrogens is 2. The molecule has 1 atom stereocenters. The quantitative estimate of drug-likeness (QED) is 0.556. The smallest absolute Gasteiger partial charge is 0.234 e. The zero-order valence-corrected chi connectivity index (χ0v) is 12.3. The number of hydrogen-bond acceptors (Lipinski definition) is 4. The van der Waals surface area contributed by atoms with Crippen LogP contribution in [0, 0.1) is 6.92 Å². The molecular formula is C13H23N5O2. The molecule has 1 heterocycles. The molecule has 1 rings (SSSR count). The van der Waals surface area contributed by atoms with Crippen molar-refractivity contribution in [2.75, 3.05) is 19.6 Å². The number of nitrogens with one attached hydrogen (secondary N) is 3. The van der Waals surface area contributed by atoms with Gasteiger partial charge in [0.2, 0.25) is 11.8 Å². The molecule has 0 aromatic carbocycles. The first-order valence-electron chi connectivity index (χ1n) is 6.71. The van der Waals surface area contributed by atoms with E-state index < -0.39 is 0 Å². The molecule has 0 saturated carbocycles. The lowest BCUT2D eigenvalue weighted by Gasteiger charge is -2.13. The van der Waals surface area contributed by atoms with E-state index in [1.165, 1.54) is 6.92 Å². The van der Waals surface area contributed by atoms with Crippen molar-refractivity contribution < 1.29 is 9.59 Å². The van der Waals surface area contributed by atoms with Crippen molar-refractivity contribution in [3.8, 4) is 0 Å². The van der Waals surface area contributed by atoms with Gasteiger partial charge in [-0.05, 0) is 19.4 Å². The van der Waals surface area contributed by atoms with E-state index >= 15 is 0 Å². The lowest BCUT2D eigenvalue weighted by molar-refractivity contribution is -0.121. The fraction of sp³-hybridized carbons (Fsp3) is 0.615. The highest BCUT2D eigenvalue weighted by Gasteiger charge is 2.06. The fourth-order valence-corrected chi connectivity index (χ4v) is 1.68. The van der Waals surface area contributed by atoms with Crippen LogP contribution in [0.25, 0.3) is 0 Å². The molecule has 0 aliphatic carbocycles. The van der Waals surface area contributed by atoms with Gasteiger partial charge in [0.05, 0.1) is 19.3 Å². The second kappa shape index (κ2) is 8.31. The van der Waals surface area contributed by atoms with Gasteiger partial charge in [-0.1, -0.05) is 0 Å². The van der Waals surface area contributed by atoms with Crippen molar-refractivity contribution in [3.63, 3.8) is 0 Å². The van der Waals surface area contributed by atoms with Gasteiger partial charge in [-0.25, -0.2) is 0 Å². The van der Waals surface area contributed by atoms with Gasteiger partial charge in [0, 0.05) is 32.3 Å². The summed E-state index contributed by atoms with van der Waals surface area (Å²) in [4.78, 5) is 22.2. The van der Waals surface area contributed by atoms with Crippen LogP contribution >= 0.6 is 0 Å². The Kier molecular flexibility index (Phi) is 6.72. The van der Waals surface area contributed by atoms with Crippen molar-refractivity contribution in [2.45, 2.75) is 33.4 Å². The topological polar surface area (TPSA) is 88.0 Å². The molecule has 1 unspecified atom stereocenters. The molecule has 20 heavy (non-hydrogen) atoms. The van der Waals surface area contributed by atoms with E-state index in [1.54, 1.807) is 6.20 Å². The van der Waals surface area contributed by atoms with Crippen LogP contribution in [0.5, 0.6) is 0 Å². The summed E-state index contributed by atoms with van der Waals surface area (Å²) >= 11 is 0. The third-order valence-corrected chi connectivity index (χ3v) is 2.66. The van der Waals surface area contributed by atoms with Crippen molar-refractivity contribution in [1.29, 1.82) is 0 Å². The molecule has 2 amide bonds. The van der Waals surface area contributed by atoms with Crippen molar-refractivity contribution in [3.05, 3.63) is 18.0 Å². The fourth-order valence-electron chi connectivity index (χ4n) is 1.68. The SMILES string of the molecule is CC(=O)NCCNC(=O)CNC(C)Cn1cc(C)cn1. The monoisotopic (exact) mass is 281 g/mol. The van der Waals surface area contributed by atoms with Crippen molar-refractivity contribution in [1.82, 2.24) is 25.7 Å². The third kappa shape index (κ3) is 6.89. The van der Waals surface area contributed by atoms with E-state index in [4.69, 9.17) is 0 Å². The molecule has 0 spiro atoms. The molecule has 0 fully saturated rings. The van der Waals surface area contributed by atoms with E-state index in [0.29, 0.717) is 19.6 Å². The molecule has 3 N–H and O–H groups in total. The minimum atomic E-state index is -0.0967. The first-order valence-corrected chi connectivity index (χ1v) is 6.71. The van der Waals surface area contributed by atoms with Gasteiger partial charge >= 0.3 is 0 Å². The molecule has 7 heteroatoms. The molecule has 1 aromatic heterocycles.